The summed E-state index contributed by atoms with van der Waals surface area (Å²) in [7, 11) is 0. The van der Waals surface area contributed by atoms with Gasteiger partial charge in [0, 0.05) is 17.2 Å². The molecule has 0 saturated carbocycles. The minimum absolute atomic E-state index is 0.216. The molecule has 0 aliphatic heterocycles. The van der Waals surface area contributed by atoms with Crippen LogP contribution >= 0.6 is 23.4 Å². The van der Waals surface area contributed by atoms with Crippen LogP contribution < -0.4 is 5.32 Å². The Balaban J connectivity index is 2.10. The van der Waals surface area contributed by atoms with E-state index >= 15 is 0 Å². The van der Waals surface area contributed by atoms with Crippen LogP contribution in [0.3, 0.4) is 0 Å². The van der Waals surface area contributed by atoms with E-state index in [4.69, 9.17) is 11.6 Å². The molecule has 0 atom stereocenters. The number of halogens is 2. The van der Waals surface area contributed by atoms with Crippen LogP contribution in [0.2, 0.25) is 5.02 Å². The highest BCUT2D eigenvalue weighted by Gasteiger charge is 2.07. The van der Waals surface area contributed by atoms with Gasteiger partial charge in [-0.05, 0) is 31.2 Å². The molecule has 2 rings (SSSR count). The standard InChI is InChI=1S/C14H14ClFN2S/c1-2-17-14-8-7-10(15)12(18-14)9-19-13-6-4-3-5-11(13)16/h3-8H,2,9H2,1H3,(H,17,18). The Bertz CT molecular complexity index is 563. The van der Waals surface area contributed by atoms with Crippen molar-refractivity contribution in [3.05, 3.63) is 52.9 Å². The lowest BCUT2D eigenvalue weighted by atomic mass is 10.3. The van der Waals surface area contributed by atoms with Crippen LogP contribution in [0.25, 0.3) is 0 Å². The van der Waals surface area contributed by atoms with Crippen LogP contribution in [-0.4, -0.2) is 11.5 Å². The highest BCUT2D eigenvalue weighted by Crippen LogP contribution is 2.28. The van der Waals surface area contributed by atoms with Crippen LogP contribution in [0, 0.1) is 5.82 Å². The number of nitrogens with zero attached hydrogens (tertiary/aromatic N) is 1. The highest BCUT2D eigenvalue weighted by molar-refractivity contribution is 7.98. The van der Waals surface area contributed by atoms with Gasteiger partial charge in [0.15, 0.2) is 0 Å². The molecule has 0 aliphatic rings. The Morgan fingerprint density at radius 3 is 2.79 bits per heavy atom. The second-order valence-electron chi connectivity index (χ2n) is 3.87. The maximum Gasteiger partial charge on any atom is 0.136 e. The number of hydrogen-bond donors (Lipinski definition) is 1. The molecule has 0 saturated heterocycles. The van der Waals surface area contributed by atoms with Crippen molar-refractivity contribution in [2.75, 3.05) is 11.9 Å². The fraction of sp³-hybridized carbons (Fsp3) is 0.214. The fourth-order valence-electron chi connectivity index (χ4n) is 1.57. The van der Waals surface area contributed by atoms with Gasteiger partial charge in [0.1, 0.15) is 11.6 Å². The summed E-state index contributed by atoms with van der Waals surface area (Å²) < 4.78 is 13.5. The highest BCUT2D eigenvalue weighted by atomic mass is 35.5. The zero-order valence-electron chi connectivity index (χ0n) is 10.5. The van der Waals surface area contributed by atoms with Gasteiger partial charge >= 0.3 is 0 Å². The molecule has 100 valence electrons. The van der Waals surface area contributed by atoms with Crippen molar-refractivity contribution < 1.29 is 4.39 Å². The molecule has 1 aromatic heterocycles. The molecule has 0 spiro atoms. The number of rotatable bonds is 5. The summed E-state index contributed by atoms with van der Waals surface area (Å²) in [5.41, 5.74) is 0.758. The van der Waals surface area contributed by atoms with Crippen molar-refractivity contribution in [3.8, 4) is 0 Å². The number of anilines is 1. The second kappa shape index (κ2) is 6.78. The molecule has 2 nitrogen and oxygen atoms in total. The molecule has 2 aromatic rings. The minimum Gasteiger partial charge on any atom is -0.370 e. The summed E-state index contributed by atoms with van der Waals surface area (Å²) in [6.45, 7) is 2.80. The Hall–Kier alpha value is -1.26. The maximum atomic E-state index is 13.5. The first-order valence-corrected chi connectivity index (χ1v) is 7.33. The molecule has 1 N–H and O–H groups in total. The molecule has 0 bridgehead atoms. The molecule has 0 unspecified atom stereocenters. The molecule has 1 heterocycles. The predicted molar refractivity (Wildman–Crippen MR) is 79.4 cm³/mol. The van der Waals surface area contributed by atoms with Crippen molar-refractivity contribution in [2.24, 2.45) is 0 Å². The molecule has 19 heavy (non-hydrogen) atoms. The van der Waals surface area contributed by atoms with Crippen LogP contribution in [0.4, 0.5) is 10.2 Å². The summed E-state index contributed by atoms with van der Waals surface area (Å²) in [5, 5.41) is 3.73. The molecule has 5 heteroatoms. The van der Waals surface area contributed by atoms with Gasteiger partial charge in [-0.1, -0.05) is 23.7 Å². The van der Waals surface area contributed by atoms with E-state index in [0.29, 0.717) is 15.7 Å². The largest absolute Gasteiger partial charge is 0.370 e. The molecule has 0 aliphatic carbocycles. The van der Waals surface area contributed by atoms with Crippen molar-refractivity contribution >= 4 is 29.2 Å². The molecule has 0 amide bonds. The van der Waals surface area contributed by atoms with Gasteiger partial charge in [-0.25, -0.2) is 9.37 Å². The third-order valence-corrected chi connectivity index (χ3v) is 3.88. The van der Waals surface area contributed by atoms with Crippen molar-refractivity contribution in [2.45, 2.75) is 17.6 Å². The first-order chi connectivity index (χ1) is 9.20. The predicted octanol–water partition coefficient (Wildman–Crippen LogP) is 4.60. The third-order valence-electron chi connectivity index (χ3n) is 2.48. The quantitative estimate of drug-likeness (QED) is 0.816. The molecular weight excluding hydrogens is 283 g/mol. The number of nitrogens with one attached hydrogen (secondary N) is 1. The number of aromatic nitrogens is 1. The zero-order chi connectivity index (χ0) is 13.7. The van der Waals surface area contributed by atoms with Crippen molar-refractivity contribution in [1.29, 1.82) is 0 Å². The summed E-state index contributed by atoms with van der Waals surface area (Å²) in [6, 6.07) is 10.3. The summed E-state index contributed by atoms with van der Waals surface area (Å²) in [5.74, 6) is 1.11. The zero-order valence-corrected chi connectivity index (χ0v) is 12.1. The number of pyridine rings is 1. The SMILES string of the molecule is CCNc1ccc(Cl)c(CSc2ccccc2F)n1. The van der Waals surface area contributed by atoms with Gasteiger partial charge in [0.25, 0.3) is 0 Å². The Morgan fingerprint density at radius 2 is 2.05 bits per heavy atom. The van der Waals surface area contributed by atoms with Gasteiger partial charge < -0.3 is 5.32 Å². The first-order valence-electron chi connectivity index (χ1n) is 5.97. The van der Waals surface area contributed by atoms with E-state index in [9.17, 15) is 4.39 Å². The van der Waals surface area contributed by atoms with E-state index in [0.717, 1.165) is 18.1 Å². The number of thioether (sulfide) groups is 1. The van der Waals surface area contributed by atoms with Crippen molar-refractivity contribution in [1.82, 2.24) is 4.98 Å². The monoisotopic (exact) mass is 296 g/mol. The van der Waals surface area contributed by atoms with Crippen LogP contribution in [0.1, 0.15) is 12.6 Å². The number of hydrogen-bond acceptors (Lipinski definition) is 3. The fourth-order valence-corrected chi connectivity index (χ4v) is 2.72. The number of benzene rings is 1. The van der Waals surface area contributed by atoms with E-state index in [1.165, 1.54) is 17.8 Å². The molecule has 0 radical (unpaired) electrons. The Kier molecular flexibility index (Phi) is 5.05. The lowest BCUT2D eigenvalue weighted by Gasteiger charge is -2.08. The molecular formula is C14H14ClFN2S. The van der Waals surface area contributed by atoms with E-state index in [1.807, 2.05) is 25.1 Å². The summed E-state index contributed by atoms with van der Waals surface area (Å²) >= 11 is 7.50. The Labute approximate surface area is 121 Å². The summed E-state index contributed by atoms with van der Waals surface area (Å²) in [6.07, 6.45) is 0. The molecule has 0 fully saturated rings. The van der Waals surface area contributed by atoms with Gasteiger partial charge in [-0.2, -0.15) is 0 Å². The average molecular weight is 297 g/mol. The maximum absolute atomic E-state index is 13.5. The minimum atomic E-state index is -0.216. The van der Waals surface area contributed by atoms with E-state index < -0.39 is 0 Å². The van der Waals surface area contributed by atoms with Gasteiger partial charge in [0.05, 0.1) is 10.7 Å². The van der Waals surface area contributed by atoms with Crippen LogP contribution in [0.5, 0.6) is 0 Å². The van der Waals surface area contributed by atoms with Crippen LogP contribution in [-0.2, 0) is 5.75 Å². The average Bonchev–Trinajstić information content (AvgIpc) is 2.41. The lowest BCUT2D eigenvalue weighted by molar-refractivity contribution is 0.602. The lowest BCUT2D eigenvalue weighted by Crippen LogP contribution is -2.01. The smallest absolute Gasteiger partial charge is 0.136 e. The third kappa shape index (κ3) is 3.85. The van der Waals surface area contributed by atoms with Crippen molar-refractivity contribution in [3.63, 3.8) is 0 Å². The molecule has 1 aromatic carbocycles. The first kappa shape index (κ1) is 14.2. The topological polar surface area (TPSA) is 24.9 Å². The Morgan fingerprint density at radius 1 is 1.26 bits per heavy atom. The van der Waals surface area contributed by atoms with Gasteiger partial charge in [0.2, 0.25) is 0 Å². The van der Waals surface area contributed by atoms with E-state index in [-0.39, 0.29) is 5.82 Å². The second-order valence-corrected chi connectivity index (χ2v) is 5.30. The normalized spacial score (nSPS) is 10.5. The van der Waals surface area contributed by atoms with Gasteiger partial charge in [-0.15, -0.1) is 11.8 Å². The van der Waals surface area contributed by atoms with E-state index in [2.05, 4.69) is 10.3 Å². The van der Waals surface area contributed by atoms with Crippen LogP contribution in [0.15, 0.2) is 41.3 Å². The summed E-state index contributed by atoms with van der Waals surface area (Å²) in [4.78, 5) is 5.03. The van der Waals surface area contributed by atoms with E-state index in [1.54, 1.807) is 12.1 Å². The van der Waals surface area contributed by atoms with Gasteiger partial charge in [-0.3, -0.25) is 0 Å².